The number of methoxy groups -OCH3 is 1. The lowest BCUT2D eigenvalue weighted by molar-refractivity contribution is -0.144. The normalized spacial score (nSPS) is 19.2. The second kappa shape index (κ2) is 10.8. The summed E-state index contributed by atoms with van der Waals surface area (Å²) in [5.41, 5.74) is 2.90. The first-order valence-electron chi connectivity index (χ1n) is 11.4. The number of carbonyl (C=O) groups is 2. The Morgan fingerprint density at radius 3 is 2.73 bits per heavy atom. The molecule has 0 N–H and O–H groups in total. The van der Waals surface area contributed by atoms with E-state index in [0.717, 1.165) is 57.5 Å². The monoisotopic (exact) mass is 415 g/mol. The first-order valence-corrected chi connectivity index (χ1v) is 11.4. The number of hydrogen-bond donors (Lipinski definition) is 0. The van der Waals surface area contributed by atoms with Crippen molar-refractivity contribution in [2.75, 3.05) is 46.4 Å². The molecule has 0 aromatic heterocycles. The minimum Gasteiger partial charge on any atom is -0.497 e. The highest BCUT2D eigenvalue weighted by Crippen LogP contribution is 2.28. The van der Waals surface area contributed by atoms with Gasteiger partial charge in [0.05, 0.1) is 13.7 Å². The Hall–Kier alpha value is -2.08. The molecule has 1 aliphatic carbocycles. The number of carbonyl (C=O) groups excluding carboxylic acids is 2. The van der Waals surface area contributed by atoms with Crippen LogP contribution in [-0.2, 0) is 22.4 Å². The fourth-order valence-electron chi connectivity index (χ4n) is 4.75. The molecule has 2 aliphatic rings. The summed E-state index contributed by atoms with van der Waals surface area (Å²) in [5.74, 6) is 1.02. The zero-order valence-corrected chi connectivity index (χ0v) is 18.9. The summed E-state index contributed by atoms with van der Waals surface area (Å²) in [6.45, 7) is 8.36. The third-order valence-corrected chi connectivity index (χ3v) is 6.53. The van der Waals surface area contributed by atoms with E-state index >= 15 is 0 Å². The van der Waals surface area contributed by atoms with Crippen LogP contribution in [0.4, 0.5) is 0 Å². The summed E-state index contributed by atoms with van der Waals surface area (Å²) >= 11 is 0. The average molecular weight is 416 g/mol. The predicted molar refractivity (Wildman–Crippen MR) is 119 cm³/mol. The molecular weight excluding hydrogens is 378 g/mol. The van der Waals surface area contributed by atoms with Crippen molar-refractivity contribution < 1.29 is 14.3 Å². The largest absolute Gasteiger partial charge is 0.497 e. The molecule has 1 aromatic rings. The smallest absolute Gasteiger partial charge is 0.242 e. The van der Waals surface area contributed by atoms with E-state index in [1.807, 2.05) is 4.90 Å². The molecule has 6 heteroatoms. The first kappa shape index (κ1) is 22.6. The van der Waals surface area contributed by atoms with Gasteiger partial charge in [0.1, 0.15) is 5.75 Å². The van der Waals surface area contributed by atoms with Crippen molar-refractivity contribution in [2.24, 2.45) is 0 Å². The van der Waals surface area contributed by atoms with Gasteiger partial charge in [0.25, 0.3) is 0 Å². The quantitative estimate of drug-likeness (QED) is 0.582. The Morgan fingerprint density at radius 2 is 2.03 bits per heavy atom. The Bertz CT molecular complexity index is 736. The third-order valence-electron chi connectivity index (χ3n) is 6.53. The lowest BCUT2D eigenvalue weighted by Crippen LogP contribution is -2.51. The van der Waals surface area contributed by atoms with Crippen LogP contribution in [0, 0.1) is 0 Å². The number of nitrogens with zero attached hydrogens (tertiary/aromatic N) is 3. The molecule has 3 rings (SSSR count). The van der Waals surface area contributed by atoms with Gasteiger partial charge in [-0.15, -0.1) is 0 Å². The number of benzene rings is 1. The highest BCUT2D eigenvalue weighted by atomic mass is 16.5. The van der Waals surface area contributed by atoms with Gasteiger partial charge in [-0.1, -0.05) is 13.0 Å². The number of hydrogen-bond acceptors (Lipinski definition) is 4. The zero-order chi connectivity index (χ0) is 21.5. The van der Waals surface area contributed by atoms with Gasteiger partial charge in [-0.3, -0.25) is 9.59 Å². The number of amides is 2. The van der Waals surface area contributed by atoms with Crippen molar-refractivity contribution >= 4 is 11.8 Å². The van der Waals surface area contributed by atoms with Gasteiger partial charge in [-0.25, -0.2) is 0 Å². The van der Waals surface area contributed by atoms with E-state index in [9.17, 15) is 9.59 Å². The summed E-state index contributed by atoms with van der Waals surface area (Å²) in [5, 5.41) is 0. The number of piperazine rings is 1. The molecule has 0 saturated carbocycles. The Labute approximate surface area is 181 Å². The maximum atomic E-state index is 12.3. The van der Waals surface area contributed by atoms with Crippen LogP contribution >= 0.6 is 0 Å². The van der Waals surface area contributed by atoms with Gasteiger partial charge in [0, 0.05) is 32.6 Å². The summed E-state index contributed by atoms with van der Waals surface area (Å²) < 4.78 is 5.42. The number of fused-ring (bicyclic) bond motifs is 1. The zero-order valence-electron chi connectivity index (χ0n) is 18.9. The summed E-state index contributed by atoms with van der Waals surface area (Å²) in [6.07, 6.45) is 6.72. The Morgan fingerprint density at radius 1 is 1.20 bits per heavy atom. The van der Waals surface area contributed by atoms with Crippen LogP contribution in [0.1, 0.15) is 50.7 Å². The Balaban J connectivity index is 1.47. The van der Waals surface area contributed by atoms with Crippen molar-refractivity contribution in [2.45, 2.75) is 58.4 Å². The maximum absolute atomic E-state index is 12.3. The highest BCUT2D eigenvalue weighted by Gasteiger charge is 2.26. The van der Waals surface area contributed by atoms with Crippen molar-refractivity contribution in [3.63, 3.8) is 0 Å². The molecule has 0 radical (unpaired) electrons. The minimum absolute atomic E-state index is 0.00937. The minimum atomic E-state index is -0.00937. The van der Waals surface area contributed by atoms with Crippen LogP contribution in [0.5, 0.6) is 5.75 Å². The molecular formula is C24H37N3O3. The van der Waals surface area contributed by atoms with Crippen molar-refractivity contribution in [3.8, 4) is 5.75 Å². The van der Waals surface area contributed by atoms with Crippen LogP contribution in [0.15, 0.2) is 18.2 Å². The van der Waals surface area contributed by atoms with E-state index in [2.05, 4.69) is 30.0 Å². The average Bonchev–Trinajstić information content (AvgIpc) is 2.75. The SMILES string of the molecule is CCCN(CCCCN1CCN(C(C)=O)CC1=O)C1CCc2ccc(OC)cc2C1. The summed E-state index contributed by atoms with van der Waals surface area (Å²) in [6, 6.07) is 7.08. The second-order valence-corrected chi connectivity index (χ2v) is 8.60. The molecule has 6 nitrogen and oxygen atoms in total. The van der Waals surface area contributed by atoms with Crippen LogP contribution in [0.3, 0.4) is 0 Å². The topological polar surface area (TPSA) is 53.1 Å². The molecule has 1 atom stereocenters. The van der Waals surface area contributed by atoms with Gasteiger partial charge in [-0.2, -0.15) is 0 Å². The third kappa shape index (κ3) is 5.75. The summed E-state index contributed by atoms with van der Waals surface area (Å²) in [4.78, 5) is 29.9. The molecule has 1 unspecified atom stereocenters. The molecule has 30 heavy (non-hydrogen) atoms. The Kier molecular flexibility index (Phi) is 8.14. The standard InChI is InChI=1S/C24H37N3O3/c1-4-11-25(22-9-7-20-8-10-23(30-3)17-21(20)16-22)12-5-6-13-26-14-15-27(19(2)28)18-24(26)29/h8,10,17,22H,4-7,9,11-16,18H2,1-3H3. The van der Waals surface area contributed by atoms with Crippen molar-refractivity contribution in [1.82, 2.24) is 14.7 Å². The number of rotatable bonds is 9. The molecule has 0 bridgehead atoms. The van der Waals surface area contributed by atoms with E-state index in [0.29, 0.717) is 19.1 Å². The van der Waals surface area contributed by atoms with E-state index in [1.165, 1.54) is 24.5 Å². The molecule has 1 aromatic carbocycles. The van der Waals surface area contributed by atoms with Gasteiger partial charge in [-0.05, 0) is 74.9 Å². The van der Waals surface area contributed by atoms with E-state index in [1.54, 1.807) is 12.0 Å². The van der Waals surface area contributed by atoms with E-state index < -0.39 is 0 Å². The van der Waals surface area contributed by atoms with Gasteiger partial charge in [0.15, 0.2) is 0 Å². The molecule has 1 saturated heterocycles. The van der Waals surface area contributed by atoms with Crippen LogP contribution < -0.4 is 4.74 Å². The predicted octanol–water partition coefficient (Wildman–Crippen LogP) is 2.74. The lowest BCUT2D eigenvalue weighted by atomic mass is 9.87. The summed E-state index contributed by atoms with van der Waals surface area (Å²) in [7, 11) is 1.73. The van der Waals surface area contributed by atoms with Crippen molar-refractivity contribution in [1.29, 1.82) is 0 Å². The first-order chi connectivity index (χ1) is 14.5. The van der Waals surface area contributed by atoms with E-state index in [4.69, 9.17) is 4.74 Å². The molecule has 1 heterocycles. The van der Waals surface area contributed by atoms with Crippen molar-refractivity contribution in [3.05, 3.63) is 29.3 Å². The molecule has 1 fully saturated rings. The van der Waals surface area contributed by atoms with Crippen LogP contribution in [-0.4, -0.2) is 78.9 Å². The molecule has 166 valence electrons. The number of unbranched alkanes of at least 4 members (excludes halogenated alkanes) is 1. The fraction of sp³-hybridized carbons (Fsp3) is 0.667. The molecule has 1 aliphatic heterocycles. The molecule has 0 spiro atoms. The van der Waals surface area contributed by atoms with E-state index in [-0.39, 0.29) is 18.4 Å². The van der Waals surface area contributed by atoms with Gasteiger partial charge >= 0.3 is 0 Å². The highest BCUT2D eigenvalue weighted by molar-refractivity contribution is 5.85. The van der Waals surface area contributed by atoms with Crippen LogP contribution in [0.2, 0.25) is 0 Å². The van der Waals surface area contributed by atoms with Gasteiger partial charge in [0.2, 0.25) is 11.8 Å². The number of aryl methyl sites for hydroxylation is 1. The molecule has 2 amide bonds. The fourth-order valence-corrected chi connectivity index (χ4v) is 4.75. The van der Waals surface area contributed by atoms with Crippen LogP contribution in [0.25, 0.3) is 0 Å². The second-order valence-electron chi connectivity index (χ2n) is 8.60. The lowest BCUT2D eigenvalue weighted by Gasteiger charge is -2.36. The van der Waals surface area contributed by atoms with Gasteiger partial charge < -0.3 is 19.4 Å². The number of ether oxygens (including phenoxy) is 1. The maximum Gasteiger partial charge on any atom is 0.242 e.